The number of rotatable bonds is 2. The molecule has 0 saturated carbocycles. The van der Waals surface area contributed by atoms with Gasteiger partial charge in [-0.05, 0) is 6.07 Å². The Kier molecular flexibility index (Phi) is 2.06. The van der Waals surface area contributed by atoms with Gasteiger partial charge in [-0.3, -0.25) is 4.98 Å². The maximum Gasteiger partial charge on any atom is 0.208 e. The van der Waals surface area contributed by atoms with E-state index in [2.05, 4.69) is 10.1 Å². The van der Waals surface area contributed by atoms with Crippen LogP contribution in [0.2, 0.25) is 0 Å². The zero-order valence-electron chi connectivity index (χ0n) is 7.60. The quantitative estimate of drug-likeness (QED) is 0.775. The van der Waals surface area contributed by atoms with Gasteiger partial charge in [0.25, 0.3) is 0 Å². The first-order valence-electron chi connectivity index (χ1n) is 4.02. The van der Waals surface area contributed by atoms with Crippen molar-refractivity contribution in [1.29, 1.82) is 0 Å². The lowest BCUT2D eigenvalue weighted by Gasteiger charge is -2.00. The number of nitrogens with two attached hydrogens (primary N) is 1. The minimum absolute atomic E-state index is 0.462. The van der Waals surface area contributed by atoms with Crippen molar-refractivity contribution in [3.8, 4) is 17.2 Å². The van der Waals surface area contributed by atoms with Crippen LogP contribution in [-0.4, -0.2) is 17.3 Å². The number of hydrogen-bond acceptors (Lipinski definition) is 5. The third kappa shape index (κ3) is 1.39. The molecule has 0 unspecified atom stereocenters. The molecule has 0 saturated heterocycles. The molecule has 5 nitrogen and oxygen atoms in total. The molecule has 72 valence electrons. The highest BCUT2D eigenvalue weighted by Gasteiger charge is 2.09. The molecule has 2 aromatic heterocycles. The number of hydrogen-bond donors (Lipinski definition) is 1. The fraction of sp³-hybridized carbons (Fsp3) is 0.111. The largest absolute Gasteiger partial charge is 0.497 e. The Labute approximate surface area is 80.5 Å². The molecule has 0 spiro atoms. The number of anilines is 1. The van der Waals surface area contributed by atoms with Gasteiger partial charge in [-0.25, -0.2) is 0 Å². The number of pyridine rings is 1. The molecule has 2 rings (SSSR count). The van der Waals surface area contributed by atoms with E-state index >= 15 is 0 Å². The van der Waals surface area contributed by atoms with Crippen molar-refractivity contribution in [1.82, 2.24) is 10.1 Å². The van der Waals surface area contributed by atoms with Crippen LogP contribution in [0.25, 0.3) is 11.5 Å². The smallest absolute Gasteiger partial charge is 0.208 e. The molecular weight excluding hydrogens is 182 g/mol. The van der Waals surface area contributed by atoms with Gasteiger partial charge in [0.05, 0.1) is 13.3 Å². The van der Waals surface area contributed by atoms with Crippen molar-refractivity contribution in [2.45, 2.75) is 0 Å². The molecule has 14 heavy (non-hydrogen) atoms. The summed E-state index contributed by atoms with van der Waals surface area (Å²) in [5.74, 6) is 1.16. The molecule has 0 aliphatic rings. The van der Waals surface area contributed by atoms with Crippen LogP contribution < -0.4 is 10.5 Å². The standard InChI is InChI=1S/C9H9N3O2/c1-13-6-2-3-11-8(4-6)9-7(10)5-12-14-9/h2-5H,10H2,1H3. The zero-order valence-corrected chi connectivity index (χ0v) is 7.60. The second kappa shape index (κ2) is 3.37. The Morgan fingerprint density at radius 2 is 2.36 bits per heavy atom. The van der Waals surface area contributed by atoms with E-state index in [1.807, 2.05) is 0 Å². The van der Waals surface area contributed by atoms with E-state index in [1.54, 1.807) is 25.4 Å². The number of nitrogens with zero attached hydrogens (tertiary/aromatic N) is 2. The average molecular weight is 191 g/mol. The van der Waals surface area contributed by atoms with E-state index in [9.17, 15) is 0 Å². The topological polar surface area (TPSA) is 74.2 Å². The number of aromatic nitrogens is 2. The van der Waals surface area contributed by atoms with Gasteiger partial charge < -0.3 is 15.0 Å². The Morgan fingerprint density at radius 1 is 1.50 bits per heavy atom. The van der Waals surface area contributed by atoms with Crippen molar-refractivity contribution in [2.24, 2.45) is 0 Å². The Hall–Kier alpha value is -2.04. The van der Waals surface area contributed by atoms with Crippen LogP contribution in [-0.2, 0) is 0 Å². The van der Waals surface area contributed by atoms with E-state index in [0.717, 1.165) is 0 Å². The van der Waals surface area contributed by atoms with Crippen LogP contribution in [0.15, 0.2) is 29.0 Å². The second-order valence-electron chi connectivity index (χ2n) is 2.69. The summed E-state index contributed by atoms with van der Waals surface area (Å²) in [7, 11) is 1.59. The van der Waals surface area contributed by atoms with Crippen molar-refractivity contribution in [3.63, 3.8) is 0 Å². The SMILES string of the molecule is COc1ccnc(-c2oncc2N)c1. The molecule has 2 aromatic rings. The molecule has 0 atom stereocenters. The average Bonchev–Trinajstić information content (AvgIpc) is 2.65. The molecule has 5 heteroatoms. The third-order valence-electron chi connectivity index (χ3n) is 1.80. The van der Waals surface area contributed by atoms with E-state index in [1.165, 1.54) is 6.20 Å². The van der Waals surface area contributed by atoms with E-state index in [0.29, 0.717) is 22.9 Å². The van der Waals surface area contributed by atoms with Crippen LogP contribution in [0.1, 0.15) is 0 Å². The summed E-state index contributed by atoms with van der Waals surface area (Å²) in [6.07, 6.45) is 3.06. The summed E-state index contributed by atoms with van der Waals surface area (Å²) in [5.41, 5.74) is 6.70. The van der Waals surface area contributed by atoms with Crippen LogP contribution in [0, 0.1) is 0 Å². The first-order valence-corrected chi connectivity index (χ1v) is 4.02. The van der Waals surface area contributed by atoms with Gasteiger partial charge in [0.1, 0.15) is 17.1 Å². The predicted molar refractivity (Wildman–Crippen MR) is 50.7 cm³/mol. The first-order chi connectivity index (χ1) is 6.81. The van der Waals surface area contributed by atoms with Crippen LogP contribution in [0.5, 0.6) is 5.75 Å². The lowest BCUT2D eigenvalue weighted by Crippen LogP contribution is -1.89. The maximum atomic E-state index is 5.63. The van der Waals surface area contributed by atoms with Gasteiger partial charge in [0.2, 0.25) is 5.76 Å². The highest BCUT2D eigenvalue weighted by atomic mass is 16.5. The maximum absolute atomic E-state index is 5.63. The van der Waals surface area contributed by atoms with Gasteiger partial charge in [-0.2, -0.15) is 0 Å². The molecule has 0 amide bonds. The lowest BCUT2D eigenvalue weighted by molar-refractivity contribution is 0.412. The molecule has 0 aromatic carbocycles. The fourth-order valence-electron chi connectivity index (χ4n) is 1.10. The Balaban J connectivity index is 2.47. The number of ether oxygens (including phenoxy) is 1. The molecule has 2 heterocycles. The minimum Gasteiger partial charge on any atom is -0.497 e. The zero-order chi connectivity index (χ0) is 9.97. The van der Waals surface area contributed by atoms with Gasteiger partial charge in [0.15, 0.2) is 0 Å². The monoisotopic (exact) mass is 191 g/mol. The lowest BCUT2D eigenvalue weighted by atomic mass is 10.2. The van der Waals surface area contributed by atoms with Gasteiger partial charge >= 0.3 is 0 Å². The first kappa shape index (κ1) is 8.55. The second-order valence-corrected chi connectivity index (χ2v) is 2.69. The van der Waals surface area contributed by atoms with E-state index in [-0.39, 0.29) is 0 Å². The fourth-order valence-corrected chi connectivity index (χ4v) is 1.10. The molecule has 0 bridgehead atoms. The minimum atomic E-state index is 0.462. The van der Waals surface area contributed by atoms with Crippen LogP contribution in [0.3, 0.4) is 0 Å². The van der Waals surface area contributed by atoms with Gasteiger partial charge in [0, 0.05) is 12.3 Å². The van der Waals surface area contributed by atoms with Gasteiger partial charge in [-0.15, -0.1) is 0 Å². The Bertz CT molecular complexity index is 439. The summed E-state index contributed by atoms with van der Waals surface area (Å²) in [6.45, 7) is 0. The van der Waals surface area contributed by atoms with Crippen molar-refractivity contribution in [3.05, 3.63) is 24.5 Å². The highest BCUT2D eigenvalue weighted by molar-refractivity contribution is 5.67. The normalized spacial score (nSPS) is 10.1. The van der Waals surface area contributed by atoms with Crippen LogP contribution in [0.4, 0.5) is 5.69 Å². The van der Waals surface area contributed by atoms with Crippen LogP contribution >= 0.6 is 0 Å². The molecule has 0 radical (unpaired) electrons. The van der Waals surface area contributed by atoms with Crippen molar-refractivity contribution in [2.75, 3.05) is 12.8 Å². The molecule has 0 fully saturated rings. The molecule has 0 aliphatic carbocycles. The summed E-state index contributed by atoms with van der Waals surface area (Å²) in [4.78, 5) is 4.10. The number of methoxy groups -OCH3 is 1. The van der Waals surface area contributed by atoms with Gasteiger partial charge in [-0.1, -0.05) is 5.16 Å². The van der Waals surface area contributed by atoms with E-state index < -0.39 is 0 Å². The van der Waals surface area contributed by atoms with Crippen molar-refractivity contribution >= 4 is 5.69 Å². The summed E-state index contributed by atoms with van der Waals surface area (Å²) >= 11 is 0. The summed E-state index contributed by atoms with van der Waals surface area (Å²) in [5, 5.41) is 3.57. The molecule has 0 aliphatic heterocycles. The van der Waals surface area contributed by atoms with Crippen molar-refractivity contribution < 1.29 is 9.26 Å². The summed E-state index contributed by atoms with van der Waals surface area (Å²) < 4.78 is 10.0. The molecular formula is C9H9N3O2. The highest BCUT2D eigenvalue weighted by Crippen LogP contribution is 2.25. The van der Waals surface area contributed by atoms with E-state index in [4.69, 9.17) is 15.0 Å². The predicted octanol–water partition coefficient (Wildman–Crippen LogP) is 1.33. The number of nitrogen functional groups attached to an aromatic ring is 1. The third-order valence-corrected chi connectivity index (χ3v) is 1.80. The summed E-state index contributed by atoms with van der Waals surface area (Å²) in [6, 6.07) is 3.48. The Morgan fingerprint density at radius 3 is 3.00 bits per heavy atom. The molecule has 2 N–H and O–H groups in total.